The number of halogens is 2. The number of hydrogen-bond acceptors (Lipinski definition) is 2. The molecule has 166 valence electrons. The quantitative estimate of drug-likeness (QED) is 0.326. The number of phenols is 1. The van der Waals surface area contributed by atoms with E-state index in [0.29, 0.717) is 27.2 Å². The highest BCUT2D eigenvalue weighted by Crippen LogP contribution is 2.43. The van der Waals surface area contributed by atoms with Crippen LogP contribution >= 0.6 is 23.2 Å². The molecule has 0 aliphatic carbocycles. The Bertz CT molecular complexity index is 1320. The minimum Gasteiger partial charge on any atom is -0.507 e. The van der Waals surface area contributed by atoms with Crippen molar-refractivity contribution in [3.8, 4) is 17.0 Å². The molecule has 0 spiro atoms. The maximum absolute atomic E-state index is 11.5. The van der Waals surface area contributed by atoms with Crippen LogP contribution in [0.4, 0.5) is 0 Å². The van der Waals surface area contributed by atoms with E-state index >= 15 is 0 Å². The van der Waals surface area contributed by atoms with Crippen molar-refractivity contribution in [2.75, 3.05) is 0 Å². The van der Waals surface area contributed by atoms with Gasteiger partial charge >= 0.3 is 0 Å². The molecule has 0 saturated carbocycles. The first kappa shape index (κ1) is 22.9. The Labute approximate surface area is 200 Å². The Morgan fingerprint density at radius 2 is 1.72 bits per heavy atom. The molecule has 0 saturated heterocycles. The van der Waals surface area contributed by atoms with E-state index in [0.717, 1.165) is 39.9 Å². The van der Waals surface area contributed by atoms with Crippen LogP contribution in [0.25, 0.3) is 32.8 Å². The maximum atomic E-state index is 11.5. The molecule has 0 bridgehead atoms. The van der Waals surface area contributed by atoms with E-state index in [1.165, 1.54) is 5.56 Å². The summed E-state index contributed by atoms with van der Waals surface area (Å²) in [7, 11) is 0. The number of aromatic hydroxyl groups is 1. The van der Waals surface area contributed by atoms with Crippen LogP contribution in [0.15, 0.2) is 48.7 Å². The van der Waals surface area contributed by atoms with Gasteiger partial charge in [0.25, 0.3) is 0 Å². The number of nitrogens with zero attached hydrogens (tertiary/aromatic N) is 1. The van der Waals surface area contributed by atoms with E-state index in [2.05, 4.69) is 57.8 Å². The van der Waals surface area contributed by atoms with Crippen LogP contribution in [-0.2, 0) is 12.8 Å². The molecule has 0 aliphatic heterocycles. The summed E-state index contributed by atoms with van der Waals surface area (Å²) in [5.41, 5.74) is 3.63. The van der Waals surface area contributed by atoms with Gasteiger partial charge in [-0.3, -0.25) is 4.98 Å². The summed E-state index contributed by atoms with van der Waals surface area (Å²) >= 11 is 12.8. The number of fused-ring (bicyclic) bond motifs is 2. The van der Waals surface area contributed by atoms with Gasteiger partial charge in [-0.25, -0.2) is 0 Å². The zero-order valence-corrected chi connectivity index (χ0v) is 20.8. The summed E-state index contributed by atoms with van der Waals surface area (Å²) in [5, 5.41) is 16.5. The van der Waals surface area contributed by atoms with Crippen LogP contribution in [0, 0.1) is 11.3 Å². The summed E-state index contributed by atoms with van der Waals surface area (Å²) < 4.78 is 0. The molecule has 0 fully saturated rings. The maximum Gasteiger partial charge on any atom is 0.128 e. The monoisotopic (exact) mass is 465 g/mol. The number of benzene rings is 3. The highest BCUT2D eigenvalue weighted by atomic mass is 35.5. The first-order valence-corrected chi connectivity index (χ1v) is 11.8. The normalized spacial score (nSPS) is 12.2. The first-order chi connectivity index (χ1) is 15.0. The molecule has 3 aromatic carbocycles. The molecule has 2 nitrogen and oxygen atoms in total. The predicted molar refractivity (Wildman–Crippen MR) is 138 cm³/mol. The third-order valence-electron chi connectivity index (χ3n) is 5.67. The fourth-order valence-electron chi connectivity index (χ4n) is 4.44. The zero-order valence-electron chi connectivity index (χ0n) is 19.3. The van der Waals surface area contributed by atoms with Crippen LogP contribution in [0.5, 0.6) is 5.75 Å². The van der Waals surface area contributed by atoms with Crippen molar-refractivity contribution in [1.29, 1.82) is 0 Å². The lowest BCUT2D eigenvalue weighted by Gasteiger charge is -2.22. The van der Waals surface area contributed by atoms with Gasteiger partial charge in [-0.05, 0) is 70.2 Å². The predicted octanol–water partition coefficient (Wildman–Crippen LogP) is 8.85. The third-order valence-corrected chi connectivity index (χ3v) is 6.18. The van der Waals surface area contributed by atoms with Gasteiger partial charge in [-0.15, -0.1) is 0 Å². The molecule has 1 N–H and O–H groups in total. The zero-order chi connectivity index (χ0) is 23.2. The van der Waals surface area contributed by atoms with Gasteiger partial charge in [0.05, 0.1) is 10.7 Å². The minimum absolute atomic E-state index is 0.0109. The highest BCUT2D eigenvalue weighted by molar-refractivity contribution is 6.39. The molecule has 1 aromatic heterocycles. The molecule has 4 rings (SSSR count). The fraction of sp³-hybridized carbons (Fsp3) is 0.321. The van der Waals surface area contributed by atoms with Gasteiger partial charge in [-0.2, -0.15) is 0 Å². The molecule has 4 heteroatoms. The lowest BCUT2D eigenvalue weighted by atomic mass is 9.83. The summed E-state index contributed by atoms with van der Waals surface area (Å²) in [6.45, 7) is 11.0. The smallest absolute Gasteiger partial charge is 0.128 e. The molecule has 0 aliphatic rings. The van der Waals surface area contributed by atoms with Gasteiger partial charge in [0, 0.05) is 27.7 Å². The summed E-state index contributed by atoms with van der Waals surface area (Å²) in [4.78, 5) is 4.66. The number of pyridine rings is 1. The van der Waals surface area contributed by atoms with E-state index in [1.54, 1.807) is 12.3 Å². The lowest BCUT2D eigenvalue weighted by Crippen LogP contribution is -2.10. The van der Waals surface area contributed by atoms with Crippen LogP contribution in [-0.4, -0.2) is 10.1 Å². The van der Waals surface area contributed by atoms with E-state index < -0.39 is 0 Å². The SMILES string of the molecule is CC(C)Cc1ccc2c(CC(C)(C)C)c(O)c(-c3nccc4cc(Cl)cc(Cl)c34)cc2c1. The molecule has 0 unspecified atom stereocenters. The summed E-state index contributed by atoms with van der Waals surface area (Å²) in [5.74, 6) is 0.844. The van der Waals surface area contributed by atoms with Crippen LogP contribution in [0.1, 0.15) is 45.7 Å². The van der Waals surface area contributed by atoms with Crippen LogP contribution in [0.2, 0.25) is 10.0 Å². The van der Waals surface area contributed by atoms with Crippen molar-refractivity contribution in [2.24, 2.45) is 11.3 Å². The first-order valence-electron chi connectivity index (χ1n) is 11.0. The summed E-state index contributed by atoms with van der Waals surface area (Å²) in [6, 6.07) is 14.1. The van der Waals surface area contributed by atoms with Crippen molar-refractivity contribution in [3.05, 3.63) is 69.8 Å². The van der Waals surface area contributed by atoms with Crippen molar-refractivity contribution in [1.82, 2.24) is 4.98 Å². The molecule has 32 heavy (non-hydrogen) atoms. The van der Waals surface area contributed by atoms with E-state index in [1.807, 2.05) is 18.2 Å². The number of hydrogen-bond donors (Lipinski definition) is 1. The molecule has 0 radical (unpaired) electrons. The van der Waals surface area contributed by atoms with Gasteiger partial charge in [0.1, 0.15) is 5.75 Å². The van der Waals surface area contributed by atoms with E-state index in [-0.39, 0.29) is 11.2 Å². The van der Waals surface area contributed by atoms with Gasteiger partial charge in [0.15, 0.2) is 0 Å². The molecule has 0 amide bonds. The van der Waals surface area contributed by atoms with Gasteiger partial charge < -0.3 is 5.11 Å². The Hall–Kier alpha value is -2.29. The third kappa shape index (κ3) is 4.58. The Kier molecular flexibility index (Phi) is 6.13. The Morgan fingerprint density at radius 1 is 0.969 bits per heavy atom. The van der Waals surface area contributed by atoms with Crippen molar-refractivity contribution >= 4 is 44.7 Å². The Morgan fingerprint density at radius 3 is 2.41 bits per heavy atom. The van der Waals surface area contributed by atoms with E-state index in [9.17, 15) is 5.11 Å². The summed E-state index contributed by atoms with van der Waals surface area (Å²) in [6.07, 6.45) is 3.50. The number of rotatable bonds is 4. The van der Waals surface area contributed by atoms with Gasteiger partial charge in [0.2, 0.25) is 0 Å². The fourth-order valence-corrected chi connectivity index (χ4v) is 5.04. The number of phenolic OH excluding ortho intramolecular Hbond substituents is 1. The molecular weight excluding hydrogens is 437 g/mol. The lowest BCUT2D eigenvalue weighted by molar-refractivity contribution is 0.397. The molecule has 0 atom stereocenters. The van der Waals surface area contributed by atoms with Gasteiger partial charge in [-0.1, -0.05) is 76.0 Å². The topological polar surface area (TPSA) is 33.1 Å². The largest absolute Gasteiger partial charge is 0.507 e. The minimum atomic E-state index is 0.0109. The number of aromatic nitrogens is 1. The molecular formula is C28H29Cl2NO. The standard InChI is InChI=1S/C28H29Cl2NO/c1-16(2)10-17-6-7-21-19(11-17)13-22(27(32)23(21)15-28(3,4)5)26-25-18(8-9-31-26)12-20(29)14-24(25)30/h6-9,11-14,16,32H,10,15H2,1-5H3. The van der Waals surface area contributed by atoms with Crippen molar-refractivity contribution in [2.45, 2.75) is 47.5 Å². The second-order valence-corrected chi connectivity index (χ2v) is 11.1. The van der Waals surface area contributed by atoms with Crippen LogP contribution in [0.3, 0.4) is 0 Å². The highest BCUT2D eigenvalue weighted by Gasteiger charge is 2.22. The van der Waals surface area contributed by atoms with Crippen molar-refractivity contribution in [3.63, 3.8) is 0 Å². The average Bonchev–Trinajstić information content (AvgIpc) is 2.68. The second-order valence-electron chi connectivity index (χ2n) is 10.3. The molecule has 4 aromatic rings. The molecule has 1 heterocycles. The average molecular weight is 466 g/mol. The van der Waals surface area contributed by atoms with Crippen molar-refractivity contribution < 1.29 is 5.11 Å². The Balaban J connectivity index is 2.05. The second kappa shape index (κ2) is 8.57. The van der Waals surface area contributed by atoms with E-state index in [4.69, 9.17) is 23.2 Å². The van der Waals surface area contributed by atoms with Crippen LogP contribution < -0.4 is 0 Å².